The topological polar surface area (TPSA) is 21.3 Å². The Morgan fingerprint density at radius 1 is 1.33 bits per heavy atom. The Labute approximate surface area is 75.8 Å². The van der Waals surface area contributed by atoms with Gasteiger partial charge in [-0.25, -0.2) is 0 Å². The van der Waals surface area contributed by atoms with Crippen molar-refractivity contribution in [3.63, 3.8) is 0 Å². The third-order valence-corrected chi connectivity index (χ3v) is 2.25. The number of allylic oxidation sites excluding steroid dienone is 4. The van der Waals surface area contributed by atoms with Gasteiger partial charge in [0.25, 0.3) is 0 Å². The van der Waals surface area contributed by atoms with Crippen LogP contribution in [0.1, 0.15) is 0 Å². The van der Waals surface area contributed by atoms with Crippen molar-refractivity contribution in [3.8, 4) is 0 Å². The normalized spacial score (nSPS) is 26.0. The molecule has 0 aromatic carbocycles. The van der Waals surface area contributed by atoms with Crippen LogP contribution in [0.2, 0.25) is 0 Å². The molecule has 3 heteroatoms. The number of rotatable bonds is 1. The fourth-order valence-corrected chi connectivity index (χ4v) is 1.58. The molecule has 1 atom stereocenters. The summed E-state index contributed by atoms with van der Waals surface area (Å²) in [7, 11) is 0. The molecule has 1 N–H and O–H groups in total. The molecular formula is C9H9NOS. The third-order valence-electron chi connectivity index (χ3n) is 1.61. The highest BCUT2D eigenvalue weighted by atomic mass is 32.2. The summed E-state index contributed by atoms with van der Waals surface area (Å²) in [5, 5.41) is 1.99. The Morgan fingerprint density at radius 3 is 3.00 bits per heavy atom. The maximum absolute atomic E-state index is 5.37. The molecule has 0 aromatic rings. The van der Waals surface area contributed by atoms with Gasteiger partial charge < -0.3 is 9.46 Å². The second kappa shape index (κ2) is 3.54. The van der Waals surface area contributed by atoms with Crippen LogP contribution in [-0.2, 0) is 4.74 Å². The summed E-state index contributed by atoms with van der Waals surface area (Å²) in [6.45, 7) is 0. The first-order valence-electron chi connectivity index (χ1n) is 3.74. The number of hydrogen-bond donors (Lipinski definition) is 1. The Bertz CT molecular complexity index is 278. The van der Waals surface area contributed by atoms with Crippen LogP contribution in [0.15, 0.2) is 47.7 Å². The van der Waals surface area contributed by atoms with E-state index in [0.717, 1.165) is 5.70 Å². The van der Waals surface area contributed by atoms with Crippen molar-refractivity contribution < 1.29 is 4.74 Å². The van der Waals surface area contributed by atoms with E-state index in [4.69, 9.17) is 4.74 Å². The molecule has 2 aliphatic rings. The van der Waals surface area contributed by atoms with E-state index in [2.05, 4.69) is 4.72 Å². The number of nitrogens with one attached hydrogen (secondary N) is 1. The van der Waals surface area contributed by atoms with Crippen LogP contribution in [0, 0.1) is 0 Å². The van der Waals surface area contributed by atoms with Crippen molar-refractivity contribution in [1.82, 2.24) is 4.72 Å². The molecular weight excluding hydrogens is 170 g/mol. The van der Waals surface area contributed by atoms with Gasteiger partial charge in [-0.05, 0) is 35.6 Å². The Balaban J connectivity index is 2.09. The third kappa shape index (κ3) is 1.56. The minimum atomic E-state index is 0.0486. The maximum Gasteiger partial charge on any atom is 0.156 e. The number of hydrogen-bond acceptors (Lipinski definition) is 3. The lowest BCUT2D eigenvalue weighted by atomic mass is 10.2. The summed E-state index contributed by atoms with van der Waals surface area (Å²) in [6.07, 6.45) is 11.7. The molecule has 0 saturated heterocycles. The molecule has 0 aromatic heterocycles. The fourth-order valence-electron chi connectivity index (χ4n) is 1.03. The Kier molecular flexibility index (Phi) is 2.23. The molecule has 2 nitrogen and oxygen atoms in total. The first-order valence-corrected chi connectivity index (χ1v) is 4.62. The highest BCUT2D eigenvalue weighted by Crippen LogP contribution is 2.16. The van der Waals surface area contributed by atoms with Gasteiger partial charge in [0.1, 0.15) is 0 Å². The molecule has 0 saturated carbocycles. The predicted molar refractivity (Wildman–Crippen MR) is 51.1 cm³/mol. The van der Waals surface area contributed by atoms with Crippen LogP contribution in [-0.4, -0.2) is 6.10 Å². The Hall–Kier alpha value is -1.09. The highest BCUT2D eigenvalue weighted by Gasteiger charge is 2.12. The van der Waals surface area contributed by atoms with Crippen LogP contribution < -0.4 is 4.72 Å². The van der Waals surface area contributed by atoms with Gasteiger partial charge in [0.05, 0.1) is 12.0 Å². The van der Waals surface area contributed by atoms with Crippen LogP contribution in [0.3, 0.4) is 0 Å². The quantitative estimate of drug-likeness (QED) is 0.623. The van der Waals surface area contributed by atoms with E-state index in [1.807, 2.05) is 35.8 Å². The molecule has 0 spiro atoms. The summed E-state index contributed by atoms with van der Waals surface area (Å²) < 4.78 is 8.54. The lowest BCUT2D eigenvalue weighted by Crippen LogP contribution is -2.20. The summed E-state index contributed by atoms with van der Waals surface area (Å²) in [6, 6.07) is 0. The second-order valence-corrected chi connectivity index (χ2v) is 3.15. The van der Waals surface area contributed by atoms with Gasteiger partial charge in [-0.15, -0.1) is 0 Å². The predicted octanol–water partition coefficient (Wildman–Crippen LogP) is 2.10. The van der Waals surface area contributed by atoms with E-state index in [0.29, 0.717) is 0 Å². The van der Waals surface area contributed by atoms with Gasteiger partial charge >= 0.3 is 0 Å². The summed E-state index contributed by atoms with van der Waals surface area (Å²) >= 11 is 1.56. The van der Waals surface area contributed by atoms with Gasteiger partial charge in [0, 0.05) is 0 Å². The molecule has 0 bridgehead atoms. The van der Waals surface area contributed by atoms with Crippen molar-refractivity contribution in [2.75, 3.05) is 0 Å². The van der Waals surface area contributed by atoms with E-state index in [9.17, 15) is 0 Å². The SMILES string of the molecule is C1=COC(C2=CC=CSN2)C=C1. The lowest BCUT2D eigenvalue weighted by Gasteiger charge is -2.20. The van der Waals surface area contributed by atoms with Gasteiger partial charge in [-0.3, -0.25) is 0 Å². The molecule has 0 radical (unpaired) electrons. The zero-order chi connectivity index (χ0) is 8.23. The zero-order valence-electron chi connectivity index (χ0n) is 6.44. The summed E-state index contributed by atoms with van der Waals surface area (Å²) in [4.78, 5) is 0. The molecule has 0 aliphatic carbocycles. The fraction of sp³-hybridized carbons (Fsp3) is 0.111. The van der Waals surface area contributed by atoms with Gasteiger partial charge in [0.2, 0.25) is 0 Å². The number of ether oxygens (including phenoxy) is 1. The molecule has 2 heterocycles. The van der Waals surface area contributed by atoms with E-state index < -0.39 is 0 Å². The second-order valence-electron chi connectivity index (χ2n) is 2.44. The molecule has 1 unspecified atom stereocenters. The average Bonchev–Trinajstić information content (AvgIpc) is 2.21. The molecule has 12 heavy (non-hydrogen) atoms. The lowest BCUT2D eigenvalue weighted by molar-refractivity contribution is 0.210. The van der Waals surface area contributed by atoms with Crippen molar-refractivity contribution in [2.45, 2.75) is 6.10 Å². The monoisotopic (exact) mass is 179 g/mol. The highest BCUT2D eigenvalue weighted by molar-refractivity contribution is 8.00. The van der Waals surface area contributed by atoms with Crippen molar-refractivity contribution in [2.24, 2.45) is 0 Å². The van der Waals surface area contributed by atoms with E-state index in [-0.39, 0.29) is 6.10 Å². The first-order chi connectivity index (χ1) is 5.97. The van der Waals surface area contributed by atoms with Gasteiger partial charge in [-0.1, -0.05) is 12.2 Å². The average molecular weight is 179 g/mol. The largest absolute Gasteiger partial charge is 0.488 e. The smallest absolute Gasteiger partial charge is 0.156 e. The zero-order valence-corrected chi connectivity index (χ0v) is 7.25. The minimum absolute atomic E-state index is 0.0486. The molecule has 0 fully saturated rings. The standard InChI is InChI=1S/C9H9NOS/c1-2-6-11-9(5-1)8-4-3-7-12-10-8/h1-7,9-10H. The first kappa shape index (κ1) is 7.55. The molecule has 0 amide bonds. The van der Waals surface area contributed by atoms with Crippen molar-refractivity contribution in [3.05, 3.63) is 47.7 Å². The van der Waals surface area contributed by atoms with Crippen molar-refractivity contribution in [1.29, 1.82) is 0 Å². The minimum Gasteiger partial charge on any atom is -0.488 e. The molecule has 62 valence electrons. The maximum atomic E-state index is 5.37. The van der Waals surface area contributed by atoms with Gasteiger partial charge in [-0.2, -0.15) is 0 Å². The van der Waals surface area contributed by atoms with E-state index >= 15 is 0 Å². The van der Waals surface area contributed by atoms with Gasteiger partial charge in [0.15, 0.2) is 6.10 Å². The van der Waals surface area contributed by atoms with Crippen LogP contribution >= 0.6 is 11.9 Å². The van der Waals surface area contributed by atoms with Crippen molar-refractivity contribution >= 4 is 11.9 Å². The molecule has 2 rings (SSSR count). The molecule has 2 aliphatic heterocycles. The summed E-state index contributed by atoms with van der Waals surface area (Å²) in [5.74, 6) is 0. The van der Waals surface area contributed by atoms with Crippen LogP contribution in [0.5, 0.6) is 0 Å². The van der Waals surface area contributed by atoms with Crippen LogP contribution in [0.4, 0.5) is 0 Å². The van der Waals surface area contributed by atoms with E-state index in [1.54, 1.807) is 18.2 Å². The Morgan fingerprint density at radius 2 is 2.33 bits per heavy atom. The summed E-state index contributed by atoms with van der Waals surface area (Å²) in [5.41, 5.74) is 1.09. The van der Waals surface area contributed by atoms with Crippen LogP contribution in [0.25, 0.3) is 0 Å². The van der Waals surface area contributed by atoms with E-state index in [1.165, 1.54) is 0 Å².